The third kappa shape index (κ3) is 6.23. The molecule has 0 N–H and O–H groups in total. The van der Waals surface area contributed by atoms with Crippen molar-refractivity contribution >= 4 is 11.6 Å². The van der Waals surface area contributed by atoms with Crippen LogP contribution in [0.5, 0.6) is 5.75 Å². The summed E-state index contributed by atoms with van der Waals surface area (Å²) in [6.07, 6.45) is 3.16. The number of hydrogen-bond donors (Lipinski definition) is 0. The highest BCUT2D eigenvalue weighted by Crippen LogP contribution is 2.18. The van der Waals surface area contributed by atoms with Gasteiger partial charge >= 0.3 is 0 Å². The second-order valence-electron chi connectivity index (χ2n) is 7.76. The van der Waals surface area contributed by atoms with E-state index in [4.69, 9.17) is 9.47 Å². The molecule has 1 aliphatic heterocycles. The van der Waals surface area contributed by atoms with Crippen molar-refractivity contribution in [2.45, 2.75) is 38.8 Å². The zero-order chi connectivity index (χ0) is 20.6. The Balaban J connectivity index is 1.63. The first kappa shape index (κ1) is 21.2. The Morgan fingerprint density at radius 3 is 2.34 bits per heavy atom. The average molecular weight is 397 g/mol. The minimum Gasteiger partial charge on any atom is -0.484 e. The van der Waals surface area contributed by atoms with Gasteiger partial charge in [0.25, 0.3) is 5.91 Å². The van der Waals surface area contributed by atoms with Gasteiger partial charge in [-0.2, -0.15) is 0 Å². The Morgan fingerprint density at radius 2 is 1.76 bits per heavy atom. The van der Waals surface area contributed by atoms with Gasteiger partial charge in [0.05, 0.1) is 6.10 Å². The van der Waals surface area contributed by atoms with Crippen LogP contribution in [-0.2, 0) is 22.5 Å². The SMILES string of the molecule is CCc1ccc(OCC(=O)N(Cc2ccc(N(C)C)cc2)CC2CCCO2)cc1. The molecular weight excluding hydrogens is 364 g/mol. The number of nitrogens with zero attached hydrogens (tertiary/aromatic N) is 2. The number of ether oxygens (including phenoxy) is 2. The van der Waals surface area contributed by atoms with Crippen molar-refractivity contribution in [3.05, 3.63) is 59.7 Å². The molecule has 2 aromatic rings. The summed E-state index contributed by atoms with van der Waals surface area (Å²) >= 11 is 0. The van der Waals surface area contributed by atoms with Crippen LogP contribution < -0.4 is 9.64 Å². The van der Waals surface area contributed by atoms with Crippen molar-refractivity contribution in [2.24, 2.45) is 0 Å². The topological polar surface area (TPSA) is 42.0 Å². The summed E-state index contributed by atoms with van der Waals surface area (Å²) < 4.78 is 11.5. The normalized spacial score (nSPS) is 15.9. The zero-order valence-corrected chi connectivity index (χ0v) is 17.8. The van der Waals surface area contributed by atoms with Crippen molar-refractivity contribution in [3.63, 3.8) is 0 Å². The molecule has 29 heavy (non-hydrogen) atoms. The number of rotatable bonds is 9. The van der Waals surface area contributed by atoms with Gasteiger partial charge in [0.15, 0.2) is 6.61 Å². The maximum absolute atomic E-state index is 12.9. The molecule has 0 bridgehead atoms. The van der Waals surface area contributed by atoms with Gasteiger partial charge in [0, 0.05) is 39.5 Å². The average Bonchev–Trinajstić information content (AvgIpc) is 3.25. The Hall–Kier alpha value is -2.53. The predicted octanol–water partition coefficient (Wildman–Crippen LogP) is 3.90. The first-order valence-corrected chi connectivity index (χ1v) is 10.4. The van der Waals surface area contributed by atoms with Gasteiger partial charge in [-0.25, -0.2) is 0 Å². The van der Waals surface area contributed by atoms with Crippen LogP contribution in [0.4, 0.5) is 5.69 Å². The van der Waals surface area contributed by atoms with Crippen molar-refractivity contribution < 1.29 is 14.3 Å². The summed E-state index contributed by atoms with van der Waals surface area (Å²) in [7, 11) is 4.04. The molecule has 156 valence electrons. The van der Waals surface area contributed by atoms with Crippen LogP contribution in [0.25, 0.3) is 0 Å². The Kier molecular flexibility index (Phi) is 7.53. The van der Waals surface area contributed by atoms with E-state index in [0.29, 0.717) is 13.1 Å². The van der Waals surface area contributed by atoms with Crippen LogP contribution in [0.3, 0.4) is 0 Å². The highest BCUT2D eigenvalue weighted by Gasteiger charge is 2.23. The molecular formula is C24H32N2O3. The molecule has 1 atom stereocenters. The fraction of sp³-hybridized carbons (Fsp3) is 0.458. The zero-order valence-electron chi connectivity index (χ0n) is 17.8. The molecule has 1 saturated heterocycles. The molecule has 1 fully saturated rings. The summed E-state index contributed by atoms with van der Waals surface area (Å²) in [4.78, 5) is 16.9. The van der Waals surface area contributed by atoms with Gasteiger partial charge < -0.3 is 19.3 Å². The maximum Gasteiger partial charge on any atom is 0.260 e. The number of anilines is 1. The standard InChI is InChI=1S/C24H32N2O3/c1-4-19-9-13-22(14-10-19)29-18-24(27)26(17-23-6-5-15-28-23)16-20-7-11-21(12-8-20)25(2)3/h7-14,23H,4-6,15-18H2,1-3H3. The van der Waals surface area contributed by atoms with Crippen LogP contribution >= 0.6 is 0 Å². The second-order valence-corrected chi connectivity index (χ2v) is 7.76. The van der Waals surface area contributed by atoms with E-state index in [1.165, 1.54) is 5.56 Å². The molecule has 0 radical (unpaired) electrons. The number of benzene rings is 2. The summed E-state index contributed by atoms with van der Waals surface area (Å²) in [6.45, 7) is 4.10. The third-order valence-electron chi connectivity index (χ3n) is 5.32. The van der Waals surface area contributed by atoms with Gasteiger partial charge in [0.2, 0.25) is 0 Å². The molecule has 0 saturated carbocycles. The molecule has 3 rings (SSSR count). The summed E-state index contributed by atoms with van der Waals surface area (Å²) in [5.41, 5.74) is 3.50. The van der Waals surface area contributed by atoms with E-state index in [0.717, 1.165) is 42.9 Å². The van der Waals surface area contributed by atoms with Crippen molar-refractivity contribution in [1.29, 1.82) is 0 Å². The molecule has 0 aliphatic carbocycles. The van der Waals surface area contributed by atoms with Crippen LogP contribution in [0.2, 0.25) is 0 Å². The number of carbonyl (C=O) groups is 1. The fourth-order valence-corrected chi connectivity index (χ4v) is 3.47. The van der Waals surface area contributed by atoms with E-state index in [1.807, 2.05) is 43.3 Å². The lowest BCUT2D eigenvalue weighted by Gasteiger charge is -2.26. The lowest BCUT2D eigenvalue weighted by Crippen LogP contribution is -2.39. The van der Waals surface area contributed by atoms with Crippen LogP contribution in [0.15, 0.2) is 48.5 Å². The van der Waals surface area contributed by atoms with Crippen LogP contribution in [-0.4, -0.2) is 50.8 Å². The monoisotopic (exact) mass is 396 g/mol. The fourth-order valence-electron chi connectivity index (χ4n) is 3.47. The number of hydrogen-bond acceptors (Lipinski definition) is 4. The Morgan fingerprint density at radius 1 is 1.07 bits per heavy atom. The van der Waals surface area contributed by atoms with E-state index in [1.54, 1.807) is 0 Å². The largest absolute Gasteiger partial charge is 0.484 e. The summed E-state index contributed by atoms with van der Waals surface area (Å²) in [5.74, 6) is 0.708. The van der Waals surface area contributed by atoms with Gasteiger partial charge in [-0.15, -0.1) is 0 Å². The molecule has 0 aromatic heterocycles. The predicted molar refractivity (Wildman–Crippen MR) is 116 cm³/mol. The lowest BCUT2D eigenvalue weighted by atomic mass is 10.1. The first-order valence-electron chi connectivity index (χ1n) is 10.4. The Bertz CT molecular complexity index is 766. The van der Waals surface area contributed by atoms with Crippen molar-refractivity contribution in [1.82, 2.24) is 4.90 Å². The van der Waals surface area contributed by atoms with Gasteiger partial charge in [0.1, 0.15) is 5.75 Å². The number of amides is 1. The molecule has 5 nitrogen and oxygen atoms in total. The van der Waals surface area contributed by atoms with E-state index < -0.39 is 0 Å². The first-order chi connectivity index (χ1) is 14.0. The van der Waals surface area contributed by atoms with E-state index >= 15 is 0 Å². The molecule has 1 aliphatic rings. The van der Waals surface area contributed by atoms with Gasteiger partial charge in [-0.1, -0.05) is 31.2 Å². The van der Waals surface area contributed by atoms with E-state index in [9.17, 15) is 4.79 Å². The van der Waals surface area contributed by atoms with Gasteiger partial charge in [-0.05, 0) is 54.7 Å². The van der Waals surface area contributed by atoms with Crippen LogP contribution in [0, 0.1) is 0 Å². The highest BCUT2D eigenvalue weighted by atomic mass is 16.5. The van der Waals surface area contributed by atoms with E-state index in [-0.39, 0.29) is 18.6 Å². The number of aryl methyl sites for hydroxylation is 1. The summed E-state index contributed by atoms with van der Waals surface area (Å²) in [6, 6.07) is 16.2. The van der Waals surface area contributed by atoms with Gasteiger partial charge in [-0.3, -0.25) is 4.79 Å². The third-order valence-corrected chi connectivity index (χ3v) is 5.32. The minimum atomic E-state index is -0.0169. The molecule has 0 spiro atoms. The van der Waals surface area contributed by atoms with E-state index in [2.05, 4.69) is 36.1 Å². The molecule has 1 amide bonds. The quantitative estimate of drug-likeness (QED) is 0.645. The highest BCUT2D eigenvalue weighted by molar-refractivity contribution is 5.77. The molecule has 5 heteroatoms. The molecule has 1 unspecified atom stereocenters. The smallest absolute Gasteiger partial charge is 0.260 e. The summed E-state index contributed by atoms with van der Waals surface area (Å²) in [5, 5.41) is 0. The molecule has 1 heterocycles. The second kappa shape index (κ2) is 10.3. The molecule has 2 aromatic carbocycles. The minimum absolute atomic E-state index is 0.0169. The lowest BCUT2D eigenvalue weighted by molar-refractivity contribution is -0.135. The Labute approximate surface area is 174 Å². The number of carbonyl (C=O) groups excluding carboxylic acids is 1. The van der Waals surface area contributed by atoms with Crippen LogP contribution in [0.1, 0.15) is 30.9 Å². The maximum atomic E-state index is 12.9. The van der Waals surface area contributed by atoms with Crippen molar-refractivity contribution in [3.8, 4) is 5.75 Å². The van der Waals surface area contributed by atoms with Crippen molar-refractivity contribution in [2.75, 3.05) is 38.8 Å².